The molecule has 1 saturated heterocycles. The minimum Gasteiger partial charge on any atom is -0.469 e. The summed E-state index contributed by atoms with van der Waals surface area (Å²) in [6.45, 7) is 8.88. The van der Waals surface area contributed by atoms with Gasteiger partial charge in [0.15, 0.2) is 5.96 Å². The molecule has 138 valence electrons. The Bertz CT molecular complexity index is 586. The largest absolute Gasteiger partial charge is 0.469 e. The van der Waals surface area contributed by atoms with E-state index in [9.17, 15) is 4.79 Å². The van der Waals surface area contributed by atoms with Crippen LogP contribution in [0.25, 0.3) is 0 Å². The summed E-state index contributed by atoms with van der Waals surface area (Å²) >= 11 is 0. The van der Waals surface area contributed by atoms with Crippen LogP contribution < -0.4 is 5.32 Å². The zero-order valence-corrected chi connectivity index (χ0v) is 16.0. The van der Waals surface area contributed by atoms with Crippen LogP contribution in [0.5, 0.6) is 0 Å². The van der Waals surface area contributed by atoms with Crippen molar-refractivity contribution in [2.75, 3.05) is 33.8 Å². The highest BCUT2D eigenvalue weighted by molar-refractivity contribution is 5.82. The molecule has 0 saturated carbocycles. The molecular formula is C20H31N3O2. The van der Waals surface area contributed by atoms with Crippen LogP contribution in [0.15, 0.2) is 35.3 Å². The molecule has 25 heavy (non-hydrogen) atoms. The van der Waals surface area contributed by atoms with Gasteiger partial charge in [-0.1, -0.05) is 51.1 Å². The molecule has 1 aromatic carbocycles. The quantitative estimate of drug-likeness (QED) is 0.506. The third kappa shape index (κ3) is 4.74. The smallest absolute Gasteiger partial charge is 0.310 e. The Hall–Kier alpha value is -2.04. The number of methoxy groups -OCH3 is 1. The highest BCUT2D eigenvalue weighted by Crippen LogP contribution is 2.26. The van der Waals surface area contributed by atoms with Crippen molar-refractivity contribution in [1.82, 2.24) is 10.2 Å². The number of benzene rings is 1. The van der Waals surface area contributed by atoms with Crippen molar-refractivity contribution in [1.29, 1.82) is 0 Å². The van der Waals surface area contributed by atoms with Gasteiger partial charge in [0.25, 0.3) is 0 Å². The molecule has 2 rings (SSSR count). The highest BCUT2D eigenvalue weighted by Gasteiger charge is 2.37. The highest BCUT2D eigenvalue weighted by atomic mass is 16.5. The Morgan fingerprint density at radius 3 is 2.56 bits per heavy atom. The van der Waals surface area contributed by atoms with Crippen LogP contribution in [0.3, 0.4) is 0 Å². The van der Waals surface area contributed by atoms with E-state index in [2.05, 4.69) is 60.2 Å². The Labute approximate surface area is 151 Å². The Morgan fingerprint density at radius 2 is 2.00 bits per heavy atom. The number of hydrogen-bond acceptors (Lipinski definition) is 3. The number of likely N-dealkylation sites (tertiary alicyclic amines) is 1. The molecule has 3 unspecified atom stereocenters. The number of ether oxygens (including phenoxy) is 1. The Balaban J connectivity index is 2.01. The van der Waals surface area contributed by atoms with E-state index in [0.717, 1.165) is 19.0 Å². The number of carbonyl (C=O) groups is 1. The molecule has 0 bridgehead atoms. The fourth-order valence-electron chi connectivity index (χ4n) is 3.57. The van der Waals surface area contributed by atoms with Crippen LogP contribution in [-0.2, 0) is 9.53 Å². The third-order valence-corrected chi connectivity index (χ3v) is 5.14. The maximum absolute atomic E-state index is 11.9. The molecule has 0 amide bonds. The molecule has 1 fully saturated rings. The Kier molecular flexibility index (Phi) is 6.85. The summed E-state index contributed by atoms with van der Waals surface area (Å²) in [6, 6.07) is 10.6. The van der Waals surface area contributed by atoms with Crippen molar-refractivity contribution in [3.05, 3.63) is 35.9 Å². The molecule has 3 atom stereocenters. The van der Waals surface area contributed by atoms with Gasteiger partial charge in [-0.3, -0.25) is 9.79 Å². The van der Waals surface area contributed by atoms with Crippen LogP contribution in [-0.4, -0.2) is 50.6 Å². The van der Waals surface area contributed by atoms with Gasteiger partial charge < -0.3 is 15.0 Å². The maximum Gasteiger partial charge on any atom is 0.310 e. The van der Waals surface area contributed by atoms with Crippen molar-refractivity contribution in [2.24, 2.45) is 22.7 Å². The molecule has 5 heteroatoms. The first-order chi connectivity index (χ1) is 12.0. The van der Waals surface area contributed by atoms with Crippen LogP contribution in [0, 0.1) is 17.8 Å². The lowest BCUT2D eigenvalue weighted by molar-refractivity contribution is -0.145. The molecule has 0 spiro atoms. The van der Waals surface area contributed by atoms with Crippen LogP contribution >= 0.6 is 0 Å². The maximum atomic E-state index is 11.9. The normalized spacial score (nSPS) is 22.2. The standard InChI is InChI=1S/C20H31N3O2/c1-14(2)17(16-9-7-6-8-10-16)11-22-20(21-4)23-12-15(3)18(13-23)19(24)25-5/h6-10,14-15,17-18H,11-13H2,1-5H3,(H,21,22). The van der Waals surface area contributed by atoms with Gasteiger partial charge in [-0.2, -0.15) is 0 Å². The molecular weight excluding hydrogens is 314 g/mol. The van der Waals surface area contributed by atoms with E-state index >= 15 is 0 Å². The van der Waals surface area contributed by atoms with Gasteiger partial charge in [0.1, 0.15) is 0 Å². The van der Waals surface area contributed by atoms with Gasteiger partial charge in [-0.25, -0.2) is 0 Å². The van der Waals surface area contributed by atoms with Crippen LogP contribution in [0.4, 0.5) is 0 Å². The number of guanidine groups is 1. The van der Waals surface area contributed by atoms with Gasteiger partial charge in [0.2, 0.25) is 0 Å². The zero-order chi connectivity index (χ0) is 18.4. The van der Waals surface area contributed by atoms with Gasteiger partial charge in [0, 0.05) is 32.6 Å². The lowest BCUT2D eigenvalue weighted by Crippen LogP contribution is -2.42. The van der Waals surface area contributed by atoms with Crippen molar-refractivity contribution in [3.63, 3.8) is 0 Å². The topological polar surface area (TPSA) is 53.9 Å². The molecule has 5 nitrogen and oxygen atoms in total. The summed E-state index contributed by atoms with van der Waals surface area (Å²) in [4.78, 5) is 18.5. The number of nitrogens with zero attached hydrogens (tertiary/aromatic N) is 2. The summed E-state index contributed by atoms with van der Waals surface area (Å²) in [7, 11) is 3.25. The summed E-state index contributed by atoms with van der Waals surface area (Å²) in [5.74, 6) is 1.84. The zero-order valence-electron chi connectivity index (χ0n) is 16.0. The predicted molar refractivity (Wildman–Crippen MR) is 102 cm³/mol. The second-order valence-electron chi connectivity index (χ2n) is 7.20. The summed E-state index contributed by atoms with van der Waals surface area (Å²) < 4.78 is 4.93. The lowest BCUT2D eigenvalue weighted by Gasteiger charge is -2.26. The average Bonchev–Trinajstić information content (AvgIpc) is 3.00. The molecule has 0 aromatic heterocycles. The molecule has 1 aromatic rings. The first-order valence-corrected chi connectivity index (χ1v) is 9.06. The third-order valence-electron chi connectivity index (χ3n) is 5.14. The monoisotopic (exact) mass is 345 g/mol. The summed E-state index contributed by atoms with van der Waals surface area (Å²) in [5, 5.41) is 3.51. The molecule has 1 N–H and O–H groups in total. The van der Waals surface area contributed by atoms with Gasteiger partial charge in [0.05, 0.1) is 13.0 Å². The fourth-order valence-corrected chi connectivity index (χ4v) is 3.57. The van der Waals surface area contributed by atoms with Crippen molar-refractivity contribution in [3.8, 4) is 0 Å². The van der Waals surface area contributed by atoms with Crippen LogP contribution in [0.1, 0.15) is 32.3 Å². The second-order valence-corrected chi connectivity index (χ2v) is 7.20. The van der Waals surface area contributed by atoms with Crippen molar-refractivity contribution >= 4 is 11.9 Å². The van der Waals surface area contributed by atoms with Gasteiger partial charge >= 0.3 is 5.97 Å². The number of esters is 1. The van der Waals surface area contributed by atoms with E-state index in [-0.39, 0.29) is 17.8 Å². The number of aliphatic imine (C=N–C) groups is 1. The Morgan fingerprint density at radius 1 is 1.32 bits per heavy atom. The van der Waals surface area contributed by atoms with E-state index in [1.165, 1.54) is 12.7 Å². The SMILES string of the molecule is CN=C(NCC(c1ccccc1)C(C)C)N1CC(C)C(C(=O)OC)C1. The van der Waals surface area contributed by atoms with E-state index in [0.29, 0.717) is 18.4 Å². The molecule has 0 radical (unpaired) electrons. The first-order valence-electron chi connectivity index (χ1n) is 9.06. The molecule has 1 heterocycles. The van der Waals surface area contributed by atoms with E-state index in [1.54, 1.807) is 7.05 Å². The number of carbonyl (C=O) groups excluding carboxylic acids is 1. The van der Waals surface area contributed by atoms with Crippen molar-refractivity contribution in [2.45, 2.75) is 26.7 Å². The minimum atomic E-state index is -0.130. The summed E-state index contributed by atoms with van der Waals surface area (Å²) in [5.41, 5.74) is 1.34. The number of hydrogen-bond donors (Lipinski definition) is 1. The summed E-state index contributed by atoms with van der Waals surface area (Å²) in [6.07, 6.45) is 0. The van der Waals surface area contributed by atoms with E-state index in [4.69, 9.17) is 4.74 Å². The van der Waals surface area contributed by atoms with Gasteiger partial charge in [-0.05, 0) is 17.4 Å². The van der Waals surface area contributed by atoms with E-state index < -0.39 is 0 Å². The fraction of sp³-hybridized carbons (Fsp3) is 0.600. The minimum absolute atomic E-state index is 0.0847. The number of rotatable bonds is 5. The lowest BCUT2D eigenvalue weighted by atomic mass is 9.88. The van der Waals surface area contributed by atoms with Crippen LogP contribution in [0.2, 0.25) is 0 Å². The average molecular weight is 345 g/mol. The first kappa shape index (κ1) is 19.3. The second kappa shape index (κ2) is 8.88. The van der Waals surface area contributed by atoms with Crippen molar-refractivity contribution < 1.29 is 9.53 Å². The number of nitrogens with one attached hydrogen (secondary N) is 1. The predicted octanol–water partition coefficient (Wildman–Crippen LogP) is 2.74. The van der Waals surface area contributed by atoms with E-state index in [1.807, 2.05) is 6.07 Å². The molecule has 0 aliphatic carbocycles. The molecule has 1 aliphatic rings. The van der Waals surface area contributed by atoms with Gasteiger partial charge in [-0.15, -0.1) is 0 Å². The molecule has 1 aliphatic heterocycles.